The Balaban J connectivity index is 1.85. The van der Waals surface area contributed by atoms with Gasteiger partial charge in [-0.2, -0.15) is 0 Å². The van der Waals surface area contributed by atoms with Crippen LogP contribution in [0.2, 0.25) is 10.0 Å². The Morgan fingerprint density at radius 3 is 2.34 bits per heavy atom. The van der Waals surface area contributed by atoms with Crippen LogP contribution in [0.3, 0.4) is 0 Å². The van der Waals surface area contributed by atoms with E-state index in [4.69, 9.17) is 32.7 Å². The molecule has 1 fully saturated rings. The van der Waals surface area contributed by atoms with E-state index in [0.717, 1.165) is 5.56 Å². The molecule has 1 atom stereocenters. The van der Waals surface area contributed by atoms with Gasteiger partial charge in [-0.05, 0) is 42.3 Å². The summed E-state index contributed by atoms with van der Waals surface area (Å²) in [7, 11) is 1.39. The SMILES string of the molecule is CCOc1ccc(CN2C(=O)C(=O)/C(=C(/O)c3cc(Cl)cc(Cl)c3OC)C2c2ccccc2)cc1. The van der Waals surface area contributed by atoms with Gasteiger partial charge in [-0.1, -0.05) is 65.7 Å². The molecule has 1 amide bonds. The van der Waals surface area contributed by atoms with Crippen LogP contribution in [0.15, 0.2) is 72.3 Å². The van der Waals surface area contributed by atoms with Gasteiger partial charge in [0.05, 0.1) is 35.9 Å². The number of halogens is 2. The number of ketones is 1. The highest BCUT2D eigenvalue weighted by molar-refractivity contribution is 6.46. The van der Waals surface area contributed by atoms with Gasteiger partial charge in [0.25, 0.3) is 11.7 Å². The fourth-order valence-electron chi connectivity index (χ4n) is 4.17. The Hall–Kier alpha value is -3.48. The number of amides is 1. The Labute approximate surface area is 213 Å². The van der Waals surface area contributed by atoms with Gasteiger partial charge in [0.1, 0.15) is 17.3 Å². The van der Waals surface area contributed by atoms with E-state index in [2.05, 4.69) is 0 Å². The predicted octanol–water partition coefficient (Wildman–Crippen LogP) is 6.02. The summed E-state index contributed by atoms with van der Waals surface area (Å²) in [5, 5.41) is 11.8. The molecule has 0 saturated carbocycles. The minimum atomic E-state index is -0.828. The molecule has 6 nitrogen and oxygen atoms in total. The molecule has 0 spiro atoms. The van der Waals surface area contributed by atoms with Crippen LogP contribution in [0.1, 0.15) is 29.7 Å². The second kappa shape index (κ2) is 10.4. The number of hydrogen-bond donors (Lipinski definition) is 1. The summed E-state index contributed by atoms with van der Waals surface area (Å²) in [6.45, 7) is 2.59. The van der Waals surface area contributed by atoms with Crippen LogP contribution in [0, 0.1) is 0 Å². The Morgan fingerprint density at radius 2 is 1.71 bits per heavy atom. The molecule has 8 heteroatoms. The maximum atomic E-state index is 13.3. The smallest absolute Gasteiger partial charge is 0.295 e. The molecule has 1 saturated heterocycles. The number of ether oxygens (including phenoxy) is 2. The van der Waals surface area contributed by atoms with Crippen molar-refractivity contribution in [2.45, 2.75) is 19.5 Å². The first-order valence-corrected chi connectivity index (χ1v) is 11.7. The molecule has 1 aliphatic heterocycles. The van der Waals surface area contributed by atoms with Crippen LogP contribution in [0.25, 0.3) is 5.76 Å². The summed E-state index contributed by atoms with van der Waals surface area (Å²) in [5.41, 5.74) is 1.54. The molecule has 0 bridgehead atoms. The number of rotatable bonds is 7. The van der Waals surface area contributed by atoms with Crippen molar-refractivity contribution in [1.82, 2.24) is 4.90 Å². The number of Topliss-reactive ketones (excluding diaryl/α,β-unsaturated/α-hetero) is 1. The second-order valence-electron chi connectivity index (χ2n) is 7.88. The maximum absolute atomic E-state index is 13.3. The number of aliphatic hydroxyl groups excluding tert-OH is 1. The summed E-state index contributed by atoms with van der Waals surface area (Å²) >= 11 is 12.4. The molecule has 3 aromatic rings. The molecule has 35 heavy (non-hydrogen) atoms. The summed E-state index contributed by atoms with van der Waals surface area (Å²) in [6, 6.07) is 18.4. The van der Waals surface area contributed by atoms with E-state index in [1.165, 1.54) is 24.1 Å². The highest BCUT2D eigenvalue weighted by atomic mass is 35.5. The zero-order valence-corrected chi connectivity index (χ0v) is 20.6. The van der Waals surface area contributed by atoms with Crippen LogP contribution in [0.4, 0.5) is 0 Å². The van der Waals surface area contributed by atoms with Gasteiger partial charge in [-0.15, -0.1) is 0 Å². The van der Waals surface area contributed by atoms with Gasteiger partial charge in [0.2, 0.25) is 0 Å². The maximum Gasteiger partial charge on any atom is 0.295 e. The lowest BCUT2D eigenvalue weighted by Gasteiger charge is -2.25. The average molecular weight is 512 g/mol. The van der Waals surface area contributed by atoms with Gasteiger partial charge in [0, 0.05) is 11.6 Å². The Morgan fingerprint density at radius 1 is 1.03 bits per heavy atom. The molecule has 1 unspecified atom stereocenters. The van der Waals surface area contributed by atoms with Crippen LogP contribution < -0.4 is 9.47 Å². The van der Waals surface area contributed by atoms with Crippen molar-refractivity contribution in [3.63, 3.8) is 0 Å². The molecular weight excluding hydrogens is 489 g/mol. The summed E-state index contributed by atoms with van der Waals surface area (Å²) in [4.78, 5) is 27.9. The van der Waals surface area contributed by atoms with E-state index in [-0.39, 0.29) is 33.5 Å². The first-order chi connectivity index (χ1) is 16.8. The highest BCUT2D eigenvalue weighted by Gasteiger charge is 2.46. The minimum absolute atomic E-state index is 0.0660. The van der Waals surface area contributed by atoms with Crippen molar-refractivity contribution in [1.29, 1.82) is 0 Å². The summed E-state index contributed by atoms with van der Waals surface area (Å²) < 4.78 is 10.9. The topological polar surface area (TPSA) is 76.1 Å². The van der Waals surface area contributed by atoms with Crippen molar-refractivity contribution >= 4 is 40.7 Å². The van der Waals surface area contributed by atoms with Crippen LogP contribution >= 0.6 is 23.2 Å². The Bertz CT molecular complexity index is 1290. The van der Waals surface area contributed by atoms with E-state index in [1.54, 1.807) is 12.1 Å². The predicted molar refractivity (Wildman–Crippen MR) is 135 cm³/mol. The summed E-state index contributed by atoms with van der Waals surface area (Å²) in [6.07, 6.45) is 0. The minimum Gasteiger partial charge on any atom is -0.507 e. The largest absolute Gasteiger partial charge is 0.507 e. The lowest BCUT2D eigenvalue weighted by Crippen LogP contribution is -2.29. The van der Waals surface area contributed by atoms with Crippen molar-refractivity contribution < 1.29 is 24.2 Å². The fraction of sp³-hybridized carbons (Fsp3) is 0.185. The third-order valence-electron chi connectivity index (χ3n) is 5.71. The number of benzene rings is 3. The van der Waals surface area contributed by atoms with Gasteiger partial charge < -0.3 is 19.5 Å². The van der Waals surface area contributed by atoms with E-state index in [1.807, 2.05) is 49.4 Å². The van der Waals surface area contributed by atoms with Gasteiger partial charge >= 0.3 is 0 Å². The third-order valence-corrected chi connectivity index (χ3v) is 6.21. The fourth-order valence-corrected chi connectivity index (χ4v) is 4.74. The molecule has 0 radical (unpaired) electrons. The lowest BCUT2D eigenvalue weighted by atomic mass is 9.95. The van der Waals surface area contributed by atoms with Crippen LogP contribution in [-0.4, -0.2) is 35.4 Å². The zero-order valence-electron chi connectivity index (χ0n) is 19.1. The molecule has 3 aromatic carbocycles. The average Bonchev–Trinajstić information content (AvgIpc) is 3.10. The first kappa shape index (κ1) is 24.6. The Kier molecular flexibility index (Phi) is 7.34. The van der Waals surface area contributed by atoms with Crippen molar-refractivity contribution in [2.24, 2.45) is 0 Å². The molecule has 180 valence electrons. The van der Waals surface area contributed by atoms with Crippen molar-refractivity contribution in [3.05, 3.63) is 99.0 Å². The first-order valence-electron chi connectivity index (χ1n) is 10.9. The zero-order chi connectivity index (χ0) is 25.1. The number of methoxy groups -OCH3 is 1. The number of carbonyl (C=O) groups excluding carboxylic acids is 2. The van der Waals surface area contributed by atoms with Crippen molar-refractivity contribution in [2.75, 3.05) is 13.7 Å². The normalized spacial score (nSPS) is 17.0. The highest BCUT2D eigenvalue weighted by Crippen LogP contribution is 2.43. The monoisotopic (exact) mass is 511 g/mol. The standard InChI is InChI=1S/C27H23Cl2NO5/c1-3-35-19-11-9-16(10-12-19)15-30-23(17-7-5-4-6-8-17)22(25(32)27(30)33)24(31)20-13-18(28)14-21(29)26(20)34-2/h4-14,23,31H,3,15H2,1-2H3/b24-22+. The molecule has 4 rings (SSSR count). The van der Waals surface area contributed by atoms with E-state index < -0.39 is 23.5 Å². The van der Waals surface area contributed by atoms with Gasteiger partial charge in [-0.25, -0.2) is 0 Å². The van der Waals surface area contributed by atoms with E-state index in [0.29, 0.717) is 17.9 Å². The molecule has 1 heterocycles. The number of nitrogens with zero attached hydrogens (tertiary/aromatic N) is 1. The number of carbonyl (C=O) groups is 2. The second-order valence-corrected chi connectivity index (χ2v) is 8.73. The number of aliphatic hydroxyl groups is 1. The number of likely N-dealkylation sites (tertiary alicyclic amines) is 1. The van der Waals surface area contributed by atoms with Crippen LogP contribution in [0.5, 0.6) is 11.5 Å². The molecule has 1 aliphatic rings. The third kappa shape index (κ3) is 4.85. The van der Waals surface area contributed by atoms with Gasteiger partial charge in [0.15, 0.2) is 0 Å². The van der Waals surface area contributed by atoms with E-state index >= 15 is 0 Å². The van der Waals surface area contributed by atoms with Crippen LogP contribution in [-0.2, 0) is 16.1 Å². The molecule has 0 aliphatic carbocycles. The molecule has 1 N–H and O–H groups in total. The molecular formula is C27H23Cl2NO5. The quantitative estimate of drug-likeness (QED) is 0.238. The molecule has 0 aromatic heterocycles. The van der Waals surface area contributed by atoms with Crippen molar-refractivity contribution in [3.8, 4) is 11.5 Å². The van der Waals surface area contributed by atoms with Gasteiger partial charge in [-0.3, -0.25) is 9.59 Å². The lowest BCUT2D eigenvalue weighted by molar-refractivity contribution is -0.140. The van der Waals surface area contributed by atoms with E-state index in [9.17, 15) is 14.7 Å². The summed E-state index contributed by atoms with van der Waals surface area (Å²) in [5.74, 6) is -1.07. The number of hydrogen-bond acceptors (Lipinski definition) is 5.